The van der Waals surface area contributed by atoms with E-state index < -0.39 is 7.12 Å². The van der Waals surface area contributed by atoms with Crippen molar-refractivity contribution in [3.63, 3.8) is 0 Å². The van der Waals surface area contributed by atoms with Gasteiger partial charge in [-0.1, -0.05) is 332 Å². The van der Waals surface area contributed by atoms with Crippen molar-refractivity contribution in [2.45, 2.75) is 0 Å². The topological polar surface area (TPSA) is 66.7 Å². The SMILES string of the molecule is Brc1ccc(-c2c(-c3ccccc3)oc3c4cc(-c5ccccc5)ccc4c4ccc(-c5ccccc5)cc4c23)cc1.Brc1ccc(-c2c(I)oc3c4cc(-c5ccccc5)ccc4c4ccc(-c5ccccc5)cc4c23)cc1.CI.CI.OB(O)c1ccccc1. The maximum absolute atomic E-state index is 8.58. The molecule has 0 bridgehead atoms. The summed E-state index contributed by atoms with van der Waals surface area (Å²) in [5, 5.41) is 29.0. The number of hydrogen-bond acceptors (Lipinski definition) is 4. The molecule has 0 amide bonds. The number of halogens is 5. The summed E-state index contributed by atoms with van der Waals surface area (Å²) in [5.74, 6) is 0.886. The van der Waals surface area contributed by atoms with Crippen LogP contribution in [0.1, 0.15) is 0 Å². The number of alkyl halides is 2. The summed E-state index contributed by atoms with van der Waals surface area (Å²) in [6.07, 6.45) is 0. The average Bonchev–Trinajstić information content (AvgIpc) is 1.48. The van der Waals surface area contributed by atoms with E-state index in [0.29, 0.717) is 5.46 Å². The summed E-state index contributed by atoms with van der Waals surface area (Å²) < 4.78 is 16.6. The highest BCUT2D eigenvalue weighted by atomic mass is 127. The van der Waals surface area contributed by atoms with E-state index >= 15 is 0 Å². The smallest absolute Gasteiger partial charge is 0.455 e. The minimum Gasteiger partial charge on any atom is -0.455 e. The zero-order valence-electron chi connectivity index (χ0n) is 50.0. The molecule has 0 aliphatic heterocycles. The molecule has 0 aliphatic rings. The van der Waals surface area contributed by atoms with Crippen LogP contribution in [0.2, 0.25) is 0 Å². The molecule has 4 nitrogen and oxygen atoms in total. The van der Waals surface area contributed by atoms with Crippen LogP contribution >= 0.6 is 99.6 Å². The highest BCUT2D eigenvalue weighted by molar-refractivity contribution is 14.1. The molecule has 448 valence electrons. The fourth-order valence-corrected chi connectivity index (χ4v) is 13.4. The zero-order valence-corrected chi connectivity index (χ0v) is 59.7. The van der Waals surface area contributed by atoms with Gasteiger partial charge in [0, 0.05) is 69.8 Å². The summed E-state index contributed by atoms with van der Waals surface area (Å²) in [6, 6.07) is 106. The van der Waals surface area contributed by atoms with Gasteiger partial charge in [-0.05, 0) is 152 Å². The lowest BCUT2D eigenvalue weighted by Gasteiger charge is -2.12. The fraction of sp³-hybridized carbons (Fsp3) is 0.0244. The molecule has 2 aromatic heterocycles. The van der Waals surface area contributed by atoms with Crippen LogP contribution in [-0.4, -0.2) is 27.0 Å². The van der Waals surface area contributed by atoms with Crippen LogP contribution in [0.5, 0.6) is 0 Å². The standard InChI is InChI=1S/C40H25BrO.C34H20BrIO.C6H7BO2.2CH3I/c41-32-20-16-28(17-21-32)37-38-35-24-30(26-10-4-1-5-11-26)18-22-33(35)34-23-19-31(27-12-6-2-7-13-27)25-36(34)40(38)42-39(37)29-14-8-3-9-15-29;35-26-15-11-23(12-16-26)31-32-29-19-24(21-7-3-1-4-8-21)13-17-27(29)28-18-14-25(22-9-5-2-6-10-22)20-30(28)33(32)37-34(31)36;8-7(9)6-4-2-1-3-5-6;2*1-2/h1-25H;1-20H;1-5,8-9H;2*1H3. The number of benzene rings is 14. The molecule has 0 radical (unpaired) electrons. The Bertz CT molecular complexity index is 5170. The first-order chi connectivity index (χ1) is 45.2. The second-order valence-corrected chi connectivity index (χ2v) is 24.4. The largest absolute Gasteiger partial charge is 0.488 e. The van der Waals surface area contributed by atoms with Crippen molar-refractivity contribution in [3.8, 4) is 78.1 Å². The number of rotatable bonds is 8. The fourth-order valence-electron chi connectivity index (χ4n) is 12.1. The number of hydrogen-bond donors (Lipinski definition) is 2. The molecule has 2 N–H and O–H groups in total. The van der Waals surface area contributed by atoms with E-state index in [-0.39, 0.29) is 0 Å². The molecule has 0 fully saturated rings. The van der Waals surface area contributed by atoms with Crippen LogP contribution in [0.15, 0.2) is 321 Å². The molecular formula is C82H58BBr2I3O4. The first-order valence-corrected chi connectivity index (χ1v) is 36.7. The third-order valence-corrected chi connectivity index (χ3v) is 18.1. The first kappa shape index (κ1) is 64.4. The molecule has 0 atom stereocenters. The normalized spacial score (nSPS) is 10.9. The molecule has 0 aliphatic carbocycles. The van der Waals surface area contributed by atoms with Crippen LogP contribution in [0.25, 0.3) is 143 Å². The molecule has 0 spiro atoms. The van der Waals surface area contributed by atoms with Gasteiger partial charge in [0.1, 0.15) is 16.9 Å². The van der Waals surface area contributed by atoms with Gasteiger partial charge in [0.25, 0.3) is 0 Å². The van der Waals surface area contributed by atoms with Gasteiger partial charge in [-0.3, -0.25) is 0 Å². The number of fused-ring (bicyclic) bond motifs is 12. The Balaban J connectivity index is 0.000000150. The van der Waals surface area contributed by atoms with E-state index in [1.54, 1.807) is 24.3 Å². The summed E-state index contributed by atoms with van der Waals surface area (Å²) >= 11 is 13.9. The van der Waals surface area contributed by atoms with Crippen molar-refractivity contribution in [1.82, 2.24) is 0 Å². The van der Waals surface area contributed by atoms with Crippen LogP contribution in [0.4, 0.5) is 0 Å². The molecule has 16 aromatic rings. The summed E-state index contributed by atoms with van der Waals surface area (Å²) in [4.78, 5) is 3.94. The van der Waals surface area contributed by atoms with Gasteiger partial charge in [0.05, 0.1) is 0 Å². The summed E-state index contributed by atoms with van der Waals surface area (Å²) in [7, 11) is -1.34. The second-order valence-electron chi connectivity index (χ2n) is 21.6. The van der Waals surface area contributed by atoms with Gasteiger partial charge in [-0.15, -0.1) is 0 Å². The second kappa shape index (κ2) is 30.0. The monoisotopic (exact) mass is 1660 g/mol. The van der Waals surface area contributed by atoms with Crippen LogP contribution < -0.4 is 5.46 Å². The predicted molar refractivity (Wildman–Crippen MR) is 425 cm³/mol. The van der Waals surface area contributed by atoms with Crippen molar-refractivity contribution in [3.05, 3.63) is 316 Å². The lowest BCUT2D eigenvalue weighted by Crippen LogP contribution is -2.29. The Morgan fingerprint density at radius 1 is 0.283 bits per heavy atom. The first-order valence-electron chi connectivity index (χ1n) is 29.8. The molecule has 2 heterocycles. The Hall–Kier alpha value is -7.67. The van der Waals surface area contributed by atoms with Gasteiger partial charge in [0.15, 0.2) is 3.77 Å². The molecule has 0 unspecified atom stereocenters. The minimum absolute atomic E-state index is 0.525. The predicted octanol–water partition coefficient (Wildman–Crippen LogP) is 24.7. The average molecular weight is 1660 g/mol. The molecule has 16 rings (SSSR count). The van der Waals surface area contributed by atoms with Gasteiger partial charge in [0.2, 0.25) is 0 Å². The van der Waals surface area contributed by atoms with Gasteiger partial charge in [-0.25, -0.2) is 0 Å². The van der Waals surface area contributed by atoms with Crippen molar-refractivity contribution in [2.75, 3.05) is 9.86 Å². The maximum Gasteiger partial charge on any atom is 0.488 e. The molecule has 10 heteroatoms. The van der Waals surface area contributed by atoms with Gasteiger partial charge in [-0.2, -0.15) is 0 Å². The van der Waals surface area contributed by atoms with E-state index in [0.717, 1.165) is 79.0 Å². The Morgan fingerprint density at radius 2 is 0.565 bits per heavy atom. The summed E-state index contributed by atoms with van der Waals surface area (Å²) in [6.45, 7) is 0. The quantitative estimate of drug-likeness (QED) is 0.0689. The molecule has 0 saturated heterocycles. The van der Waals surface area contributed by atoms with E-state index in [4.69, 9.17) is 18.9 Å². The Labute approximate surface area is 593 Å². The lowest BCUT2D eigenvalue weighted by molar-refractivity contribution is 0.426. The third-order valence-electron chi connectivity index (χ3n) is 16.3. The molecule has 92 heavy (non-hydrogen) atoms. The highest BCUT2D eigenvalue weighted by Crippen LogP contribution is 2.50. The van der Waals surface area contributed by atoms with Crippen LogP contribution in [0.3, 0.4) is 0 Å². The van der Waals surface area contributed by atoms with Crippen molar-refractivity contribution in [2.24, 2.45) is 0 Å². The van der Waals surface area contributed by atoms with E-state index in [2.05, 4.69) is 373 Å². The summed E-state index contributed by atoms with van der Waals surface area (Å²) in [5.41, 5.74) is 17.5. The maximum atomic E-state index is 8.58. The molecular weight excluding hydrogens is 1600 g/mol. The zero-order chi connectivity index (χ0) is 63.7. The minimum atomic E-state index is -1.34. The third kappa shape index (κ3) is 13.6. The molecule has 14 aromatic carbocycles. The van der Waals surface area contributed by atoms with Crippen molar-refractivity contribution >= 4 is 177 Å². The van der Waals surface area contributed by atoms with E-state index in [1.807, 2.05) is 15.9 Å². The van der Waals surface area contributed by atoms with Crippen LogP contribution in [0, 0.1) is 3.77 Å². The van der Waals surface area contributed by atoms with Crippen molar-refractivity contribution in [1.29, 1.82) is 0 Å². The Morgan fingerprint density at radius 3 is 0.913 bits per heavy atom. The Kier molecular flexibility index (Phi) is 21.0. The van der Waals surface area contributed by atoms with Crippen LogP contribution in [-0.2, 0) is 0 Å². The number of furan rings is 2. The lowest BCUT2D eigenvalue weighted by atomic mass is 9.81. The van der Waals surface area contributed by atoms with E-state index in [9.17, 15) is 0 Å². The van der Waals surface area contributed by atoms with E-state index in [1.165, 1.54) is 76.8 Å². The van der Waals surface area contributed by atoms with Gasteiger partial charge >= 0.3 is 7.12 Å². The van der Waals surface area contributed by atoms with Gasteiger partial charge < -0.3 is 18.9 Å². The highest BCUT2D eigenvalue weighted by Gasteiger charge is 2.25. The van der Waals surface area contributed by atoms with Crippen molar-refractivity contribution < 1.29 is 18.9 Å². The molecule has 0 saturated carbocycles.